The summed E-state index contributed by atoms with van der Waals surface area (Å²) in [4.78, 5) is 21.9. The number of nitrogens with one attached hydrogen (secondary N) is 1. The molecular weight excluding hydrogens is 303 g/mol. The molecule has 0 atom stereocenters. The van der Waals surface area contributed by atoms with Gasteiger partial charge in [0.05, 0.1) is 4.92 Å². The Hall–Kier alpha value is -2.96. The van der Waals surface area contributed by atoms with Gasteiger partial charge in [0.1, 0.15) is 11.6 Å². The zero-order valence-corrected chi connectivity index (χ0v) is 12.4. The summed E-state index contributed by atoms with van der Waals surface area (Å²) in [6, 6.07) is 10.4. The first-order valence-electron chi connectivity index (χ1n) is 6.85. The van der Waals surface area contributed by atoms with Crippen LogP contribution in [0.4, 0.5) is 10.1 Å². The molecule has 0 unspecified atom stereocenters. The standard InChI is InChI=1S/C16H15FN2O4/c1-11-8-13(6-7-15(11)19(21)22)23-10-16(20)18-9-12-4-2-3-5-14(12)17/h2-8H,9-10H2,1H3,(H,18,20). The molecule has 2 aromatic carbocycles. The van der Waals surface area contributed by atoms with E-state index in [4.69, 9.17) is 4.74 Å². The maximum absolute atomic E-state index is 13.4. The minimum absolute atomic E-state index is 0.0126. The van der Waals surface area contributed by atoms with Gasteiger partial charge in [-0.2, -0.15) is 0 Å². The second kappa shape index (κ2) is 7.35. The summed E-state index contributed by atoms with van der Waals surface area (Å²) >= 11 is 0. The fourth-order valence-corrected chi connectivity index (χ4v) is 1.96. The average Bonchev–Trinajstić information content (AvgIpc) is 2.52. The molecule has 0 radical (unpaired) electrons. The Morgan fingerprint density at radius 3 is 2.70 bits per heavy atom. The minimum Gasteiger partial charge on any atom is -0.484 e. The molecule has 2 rings (SSSR count). The van der Waals surface area contributed by atoms with Gasteiger partial charge in [0.25, 0.3) is 11.6 Å². The minimum atomic E-state index is -0.486. The summed E-state index contributed by atoms with van der Waals surface area (Å²) in [6.07, 6.45) is 0. The summed E-state index contributed by atoms with van der Waals surface area (Å²) in [7, 11) is 0. The van der Waals surface area contributed by atoms with Crippen molar-refractivity contribution in [1.82, 2.24) is 5.32 Å². The highest BCUT2D eigenvalue weighted by molar-refractivity contribution is 5.77. The van der Waals surface area contributed by atoms with Crippen molar-refractivity contribution in [3.63, 3.8) is 0 Å². The first kappa shape index (κ1) is 16.4. The Bertz CT molecular complexity index is 734. The van der Waals surface area contributed by atoms with Gasteiger partial charge in [-0.15, -0.1) is 0 Å². The normalized spacial score (nSPS) is 10.2. The molecule has 0 saturated carbocycles. The van der Waals surface area contributed by atoms with E-state index >= 15 is 0 Å². The lowest BCUT2D eigenvalue weighted by Crippen LogP contribution is -2.28. The number of aryl methyl sites for hydroxylation is 1. The van der Waals surface area contributed by atoms with Crippen molar-refractivity contribution in [2.75, 3.05) is 6.61 Å². The molecule has 0 aliphatic rings. The second-order valence-electron chi connectivity index (χ2n) is 4.86. The summed E-state index contributed by atoms with van der Waals surface area (Å²) < 4.78 is 18.7. The number of benzene rings is 2. The number of amides is 1. The van der Waals surface area contributed by atoms with Crippen LogP contribution in [0, 0.1) is 22.9 Å². The first-order chi connectivity index (χ1) is 11.0. The van der Waals surface area contributed by atoms with Crippen LogP contribution < -0.4 is 10.1 Å². The highest BCUT2D eigenvalue weighted by Crippen LogP contribution is 2.22. The number of nitro groups is 1. The van der Waals surface area contributed by atoms with Crippen molar-refractivity contribution in [1.29, 1.82) is 0 Å². The molecule has 0 aliphatic heterocycles. The Kier molecular flexibility index (Phi) is 5.24. The van der Waals surface area contributed by atoms with Crippen LogP contribution in [0.2, 0.25) is 0 Å². The molecule has 0 fully saturated rings. The monoisotopic (exact) mass is 318 g/mol. The average molecular weight is 318 g/mol. The molecule has 0 bridgehead atoms. The smallest absolute Gasteiger partial charge is 0.272 e. The number of ether oxygens (including phenoxy) is 1. The summed E-state index contributed by atoms with van der Waals surface area (Å²) in [5.41, 5.74) is 0.813. The van der Waals surface area contributed by atoms with Gasteiger partial charge >= 0.3 is 0 Å². The predicted octanol–water partition coefficient (Wildman–Crippen LogP) is 2.74. The third kappa shape index (κ3) is 4.50. The number of hydrogen-bond donors (Lipinski definition) is 1. The van der Waals surface area contributed by atoms with Crippen molar-refractivity contribution < 1.29 is 18.8 Å². The predicted molar refractivity (Wildman–Crippen MR) is 81.6 cm³/mol. The van der Waals surface area contributed by atoms with E-state index in [1.807, 2.05) is 0 Å². The molecule has 0 saturated heterocycles. The number of carbonyl (C=O) groups is 1. The number of carbonyl (C=O) groups excluding carboxylic acids is 1. The van der Waals surface area contributed by atoms with E-state index in [0.29, 0.717) is 16.9 Å². The molecule has 120 valence electrons. The quantitative estimate of drug-likeness (QED) is 0.656. The number of rotatable bonds is 6. The Balaban J connectivity index is 1.86. The molecule has 2 aromatic rings. The largest absolute Gasteiger partial charge is 0.484 e. The third-order valence-electron chi connectivity index (χ3n) is 3.17. The third-order valence-corrected chi connectivity index (χ3v) is 3.17. The summed E-state index contributed by atoms with van der Waals surface area (Å²) in [6.45, 7) is 1.39. The molecule has 23 heavy (non-hydrogen) atoms. The molecular formula is C16H15FN2O4. The van der Waals surface area contributed by atoms with Crippen molar-refractivity contribution in [2.45, 2.75) is 13.5 Å². The molecule has 7 heteroatoms. The van der Waals surface area contributed by atoms with Gasteiger partial charge < -0.3 is 10.1 Å². The lowest BCUT2D eigenvalue weighted by molar-refractivity contribution is -0.385. The molecule has 0 spiro atoms. The lowest BCUT2D eigenvalue weighted by atomic mass is 10.2. The van der Waals surface area contributed by atoms with Crippen LogP contribution in [0.5, 0.6) is 5.75 Å². The molecule has 6 nitrogen and oxygen atoms in total. The van der Waals surface area contributed by atoms with Crippen LogP contribution in [-0.2, 0) is 11.3 Å². The van der Waals surface area contributed by atoms with Crippen LogP contribution in [0.1, 0.15) is 11.1 Å². The van der Waals surface area contributed by atoms with E-state index < -0.39 is 10.8 Å². The van der Waals surface area contributed by atoms with E-state index in [2.05, 4.69) is 5.32 Å². The molecule has 1 amide bonds. The van der Waals surface area contributed by atoms with E-state index in [1.165, 1.54) is 24.3 Å². The van der Waals surface area contributed by atoms with Crippen LogP contribution in [-0.4, -0.2) is 17.4 Å². The van der Waals surface area contributed by atoms with E-state index in [0.717, 1.165) is 0 Å². The molecule has 0 aliphatic carbocycles. The van der Waals surface area contributed by atoms with Gasteiger partial charge in [0.2, 0.25) is 0 Å². The maximum atomic E-state index is 13.4. The lowest BCUT2D eigenvalue weighted by Gasteiger charge is -2.08. The van der Waals surface area contributed by atoms with Gasteiger partial charge in [-0.25, -0.2) is 4.39 Å². The van der Waals surface area contributed by atoms with Crippen LogP contribution in [0.3, 0.4) is 0 Å². The topological polar surface area (TPSA) is 81.5 Å². The van der Waals surface area contributed by atoms with E-state index in [-0.39, 0.29) is 24.7 Å². The van der Waals surface area contributed by atoms with Crippen molar-refractivity contribution in [2.24, 2.45) is 0 Å². The Morgan fingerprint density at radius 1 is 1.30 bits per heavy atom. The second-order valence-corrected chi connectivity index (χ2v) is 4.86. The maximum Gasteiger partial charge on any atom is 0.272 e. The SMILES string of the molecule is Cc1cc(OCC(=O)NCc2ccccc2F)ccc1[N+](=O)[O-]. The van der Waals surface area contributed by atoms with Gasteiger partial charge in [-0.3, -0.25) is 14.9 Å². The van der Waals surface area contributed by atoms with Crippen molar-refractivity contribution in [3.05, 3.63) is 69.5 Å². The molecule has 0 aromatic heterocycles. The fourth-order valence-electron chi connectivity index (χ4n) is 1.96. The highest BCUT2D eigenvalue weighted by atomic mass is 19.1. The molecule has 0 heterocycles. The first-order valence-corrected chi connectivity index (χ1v) is 6.85. The Morgan fingerprint density at radius 2 is 2.04 bits per heavy atom. The van der Waals surface area contributed by atoms with Gasteiger partial charge in [0.15, 0.2) is 6.61 Å². The van der Waals surface area contributed by atoms with E-state index in [1.54, 1.807) is 25.1 Å². The van der Waals surface area contributed by atoms with Crippen LogP contribution >= 0.6 is 0 Å². The van der Waals surface area contributed by atoms with Crippen LogP contribution in [0.25, 0.3) is 0 Å². The van der Waals surface area contributed by atoms with E-state index in [9.17, 15) is 19.3 Å². The number of hydrogen-bond acceptors (Lipinski definition) is 4. The molecule has 1 N–H and O–H groups in total. The van der Waals surface area contributed by atoms with Crippen molar-refractivity contribution in [3.8, 4) is 5.75 Å². The summed E-state index contributed by atoms with van der Waals surface area (Å²) in [5, 5.41) is 13.3. The van der Waals surface area contributed by atoms with Crippen molar-refractivity contribution >= 4 is 11.6 Å². The van der Waals surface area contributed by atoms with Crippen LogP contribution in [0.15, 0.2) is 42.5 Å². The summed E-state index contributed by atoms with van der Waals surface area (Å²) in [5.74, 6) is -0.446. The number of halogens is 1. The Labute approximate surface area is 132 Å². The van der Waals surface area contributed by atoms with Gasteiger partial charge in [-0.1, -0.05) is 18.2 Å². The number of nitro benzene ring substituents is 1. The fraction of sp³-hybridized carbons (Fsp3) is 0.188. The van der Waals surface area contributed by atoms with Gasteiger partial charge in [-0.05, 0) is 25.1 Å². The highest BCUT2D eigenvalue weighted by Gasteiger charge is 2.11. The zero-order valence-electron chi connectivity index (χ0n) is 12.4. The zero-order chi connectivity index (χ0) is 16.8. The van der Waals surface area contributed by atoms with Gasteiger partial charge in [0, 0.05) is 23.7 Å². The number of nitrogens with zero attached hydrogens (tertiary/aromatic N) is 1.